The van der Waals surface area contributed by atoms with Gasteiger partial charge in [0.15, 0.2) is 5.16 Å². The fourth-order valence-corrected chi connectivity index (χ4v) is 2.45. The van der Waals surface area contributed by atoms with Crippen LogP contribution in [0.1, 0.15) is 17.1 Å². The standard InChI is InChI=1S/C11H15N5S/c1-8-9(4-3-5-13-8)7-17-11-15-14-10(6-12)16(11)2/h3-5H,6-7,12H2,1-2H3. The molecule has 0 spiro atoms. The lowest BCUT2D eigenvalue weighted by molar-refractivity contribution is 0.734. The SMILES string of the molecule is Cc1ncccc1CSc1nnc(CN)n1C. The van der Waals surface area contributed by atoms with Crippen molar-refractivity contribution in [1.82, 2.24) is 19.7 Å². The van der Waals surface area contributed by atoms with E-state index in [2.05, 4.69) is 21.2 Å². The summed E-state index contributed by atoms with van der Waals surface area (Å²) in [5.41, 5.74) is 7.83. The molecule has 0 fully saturated rings. The molecule has 6 heteroatoms. The second kappa shape index (κ2) is 5.29. The monoisotopic (exact) mass is 249 g/mol. The number of hydrogen-bond donors (Lipinski definition) is 1. The van der Waals surface area contributed by atoms with E-state index in [1.807, 2.05) is 24.6 Å². The Kier molecular flexibility index (Phi) is 3.75. The fraction of sp³-hybridized carbons (Fsp3) is 0.364. The number of aryl methyl sites for hydroxylation is 1. The first kappa shape index (κ1) is 12.1. The molecule has 5 nitrogen and oxygen atoms in total. The molecule has 0 saturated carbocycles. The molecule has 17 heavy (non-hydrogen) atoms. The van der Waals surface area contributed by atoms with Crippen LogP contribution in [-0.2, 0) is 19.3 Å². The molecule has 2 heterocycles. The number of aromatic nitrogens is 4. The van der Waals surface area contributed by atoms with E-state index in [9.17, 15) is 0 Å². The molecule has 0 aliphatic carbocycles. The zero-order valence-electron chi connectivity index (χ0n) is 9.92. The number of pyridine rings is 1. The zero-order chi connectivity index (χ0) is 12.3. The second-order valence-electron chi connectivity index (χ2n) is 3.70. The number of hydrogen-bond acceptors (Lipinski definition) is 5. The van der Waals surface area contributed by atoms with Crippen molar-refractivity contribution in [3.63, 3.8) is 0 Å². The number of nitrogens with zero attached hydrogens (tertiary/aromatic N) is 4. The van der Waals surface area contributed by atoms with Gasteiger partial charge in [-0.05, 0) is 18.6 Å². The van der Waals surface area contributed by atoms with Gasteiger partial charge < -0.3 is 10.3 Å². The van der Waals surface area contributed by atoms with Gasteiger partial charge in [0.05, 0.1) is 6.54 Å². The lowest BCUT2D eigenvalue weighted by Crippen LogP contribution is -2.05. The van der Waals surface area contributed by atoms with E-state index in [1.165, 1.54) is 5.56 Å². The van der Waals surface area contributed by atoms with Gasteiger partial charge in [-0.2, -0.15) is 0 Å². The maximum absolute atomic E-state index is 5.55. The van der Waals surface area contributed by atoms with Crippen molar-refractivity contribution in [2.45, 2.75) is 24.4 Å². The molecule has 2 aromatic heterocycles. The van der Waals surface area contributed by atoms with Crippen LogP contribution in [0.2, 0.25) is 0 Å². The molecule has 0 aliphatic heterocycles. The van der Waals surface area contributed by atoms with Crippen molar-refractivity contribution in [3.05, 3.63) is 35.4 Å². The summed E-state index contributed by atoms with van der Waals surface area (Å²) < 4.78 is 1.93. The summed E-state index contributed by atoms with van der Waals surface area (Å²) in [5.74, 6) is 1.64. The lowest BCUT2D eigenvalue weighted by atomic mass is 10.2. The van der Waals surface area contributed by atoms with Gasteiger partial charge in [-0.25, -0.2) is 0 Å². The van der Waals surface area contributed by atoms with Gasteiger partial charge in [0.1, 0.15) is 5.82 Å². The lowest BCUT2D eigenvalue weighted by Gasteiger charge is -2.04. The summed E-state index contributed by atoms with van der Waals surface area (Å²) in [6, 6.07) is 4.03. The summed E-state index contributed by atoms with van der Waals surface area (Å²) >= 11 is 1.64. The minimum atomic E-state index is 0.413. The smallest absolute Gasteiger partial charge is 0.191 e. The Morgan fingerprint density at radius 1 is 1.41 bits per heavy atom. The number of thioether (sulfide) groups is 1. The molecule has 0 saturated heterocycles. The first-order valence-electron chi connectivity index (χ1n) is 5.34. The van der Waals surface area contributed by atoms with Gasteiger partial charge in [0, 0.05) is 24.7 Å². The number of rotatable bonds is 4. The molecule has 0 unspecified atom stereocenters. The van der Waals surface area contributed by atoms with E-state index in [0.717, 1.165) is 22.4 Å². The molecule has 90 valence electrons. The van der Waals surface area contributed by atoms with Gasteiger partial charge in [-0.15, -0.1) is 10.2 Å². The van der Waals surface area contributed by atoms with Crippen molar-refractivity contribution in [2.24, 2.45) is 12.8 Å². The maximum atomic E-state index is 5.55. The third kappa shape index (κ3) is 2.65. The normalized spacial score (nSPS) is 10.8. The van der Waals surface area contributed by atoms with Gasteiger partial charge in [-0.3, -0.25) is 4.98 Å². The van der Waals surface area contributed by atoms with Crippen LogP contribution < -0.4 is 5.73 Å². The van der Waals surface area contributed by atoms with E-state index < -0.39 is 0 Å². The molecule has 0 aliphatic rings. The minimum absolute atomic E-state index is 0.413. The quantitative estimate of drug-likeness (QED) is 0.826. The van der Waals surface area contributed by atoms with Crippen molar-refractivity contribution in [2.75, 3.05) is 0 Å². The first-order chi connectivity index (χ1) is 8.22. The van der Waals surface area contributed by atoms with Gasteiger partial charge >= 0.3 is 0 Å². The summed E-state index contributed by atoms with van der Waals surface area (Å²) in [5, 5.41) is 9.01. The van der Waals surface area contributed by atoms with E-state index in [-0.39, 0.29) is 0 Å². The van der Waals surface area contributed by atoms with Crippen LogP contribution in [0, 0.1) is 6.92 Å². The molecule has 0 bridgehead atoms. The van der Waals surface area contributed by atoms with Gasteiger partial charge in [-0.1, -0.05) is 17.8 Å². The Hall–Kier alpha value is -1.40. The van der Waals surface area contributed by atoms with Crippen molar-refractivity contribution in [1.29, 1.82) is 0 Å². The van der Waals surface area contributed by atoms with E-state index in [4.69, 9.17) is 5.73 Å². The van der Waals surface area contributed by atoms with Crippen molar-refractivity contribution >= 4 is 11.8 Å². The molecule has 2 N–H and O–H groups in total. The highest BCUT2D eigenvalue weighted by Gasteiger charge is 2.08. The highest BCUT2D eigenvalue weighted by atomic mass is 32.2. The third-order valence-electron chi connectivity index (χ3n) is 2.58. The fourth-order valence-electron chi connectivity index (χ4n) is 1.46. The molecular formula is C11H15N5S. The Labute approximate surface area is 104 Å². The van der Waals surface area contributed by atoms with Gasteiger partial charge in [0.25, 0.3) is 0 Å². The topological polar surface area (TPSA) is 69.6 Å². The van der Waals surface area contributed by atoms with E-state index in [1.54, 1.807) is 18.0 Å². The summed E-state index contributed by atoms with van der Waals surface area (Å²) in [6.45, 7) is 2.42. The molecule has 2 aromatic rings. The highest BCUT2D eigenvalue weighted by Crippen LogP contribution is 2.21. The Balaban J connectivity index is 2.07. The Bertz CT molecular complexity index is 508. The van der Waals surface area contributed by atoms with Crippen LogP contribution in [0.3, 0.4) is 0 Å². The molecule has 0 amide bonds. The molecule has 2 rings (SSSR count). The van der Waals surface area contributed by atoms with Crippen LogP contribution in [-0.4, -0.2) is 19.7 Å². The minimum Gasteiger partial charge on any atom is -0.324 e. The number of nitrogens with two attached hydrogens (primary N) is 1. The predicted molar refractivity (Wildman–Crippen MR) is 67.4 cm³/mol. The summed E-state index contributed by atoms with van der Waals surface area (Å²) in [4.78, 5) is 4.26. The average Bonchev–Trinajstić information content (AvgIpc) is 2.69. The maximum Gasteiger partial charge on any atom is 0.191 e. The predicted octanol–water partition coefficient (Wildman–Crippen LogP) is 1.27. The summed E-state index contributed by atoms with van der Waals surface area (Å²) in [7, 11) is 1.93. The summed E-state index contributed by atoms with van der Waals surface area (Å²) in [6.07, 6.45) is 1.80. The van der Waals surface area contributed by atoms with Crippen LogP contribution in [0.15, 0.2) is 23.5 Å². The van der Waals surface area contributed by atoms with Gasteiger partial charge in [0.2, 0.25) is 0 Å². The second-order valence-corrected chi connectivity index (χ2v) is 4.64. The Morgan fingerprint density at radius 3 is 2.88 bits per heavy atom. The van der Waals surface area contributed by atoms with E-state index >= 15 is 0 Å². The van der Waals surface area contributed by atoms with Crippen molar-refractivity contribution in [3.8, 4) is 0 Å². The molecule has 0 atom stereocenters. The van der Waals surface area contributed by atoms with Crippen LogP contribution in [0.4, 0.5) is 0 Å². The zero-order valence-corrected chi connectivity index (χ0v) is 10.7. The van der Waals surface area contributed by atoms with E-state index in [0.29, 0.717) is 6.54 Å². The molecule has 0 aromatic carbocycles. The largest absolute Gasteiger partial charge is 0.324 e. The van der Waals surface area contributed by atoms with Crippen LogP contribution >= 0.6 is 11.8 Å². The van der Waals surface area contributed by atoms with Crippen LogP contribution in [0.25, 0.3) is 0 Å². The van der Waals surface area contributed by atoms with Crippen molar-refractivity contribution < 1.29 is 0 Å². The highest BCUT2D eigenvalue weighted by molar-refractivity contribution is 7.98. The van der Waals surface area contributed by atoms with Crippen LogP contribution in [0.5, 0.6) is 0 Å². The molecular weight excluding hydrogens is 234 g/mol. The first-order valence-corrected chi connectivity index (χ1v) is 6.32. The average molecular weight is 249 g/mol. The molecule has 0 radical (unpaired) electrons. The third-order valence-corrected chi connectivity index (χ3v) is 3.65. The Morgan fingerprint density at radius 2 is 2.24 bits per heavy atom.